The standard InChI is InChI=1S/C21H18Cl2N2O2/c22-17-7-6-15(12-18(17)23)16-5-3-4-14-8-11-25(21(27)20(14)16)13-19(26)24-9-1-2-10-24/h3-8,11-12H,1-2,9-10,13H2. The first-order chi connectivity index (χ1) is 13.0. The van der Waals surface area contributed by atoms with E-state index in [0.29, 0.717) is 15.4 Å². The molecular weight excluding hydrogens is 383 g/mol. The van der Waals surface area contributed by atoms with E-state index in [1.807, 2.05) is 35.2 Å². The number of nitrogens with zero attached hydrogens (tertiary/aromatic N) is 2. The Kier molecular flexibility index (Phi) is 4.94. The molecule has 0 saturated carbocycles. The minimum atomic E-state index is -0.179. The number of likely N-dealkylation sites (tertiary alicyclic amines) is 1. The van der Waals surface area contributed by atoms with Gasteiger partial charge in [0.15, 0.2) is 0 Å². The predicted octanol–water partition coefficient (Wildman–Crippen LogP) is 4.60. The number of aromatic nitrogens is 1. The molecular formula is C21H18Cl2N2O2. The molecule has 0 N–H and O–H groups in total. The number of amides is 1. The van der Waals surface area contributed by atoms with E-state index in [-0.39, 0.29) is 18.0 Å². The van der Waals surface area contributed by atoms with Gasteiger partial charge in [-0.1, -0.05) is 47.5 Å². The summed E-state index contributed by atoms with van der Waals surface area (Å²) in [6, 6.07) is 12.9. The Labute approximate surface area is 166 Å². The second-order valence-electron chi connectivity index (χ2n) is 6.74. The van der Waals surface area contributed by atoms with Gasteiger partial charge in [-0.2, -0.15) is 0 Å². The van der Waals surface area contributed by atoms with E-state index in [0.717, 1.165) is 42.4 Å². The van der Waals surface area contributed by atoms with E-state index >= 15 is 0 Å². The third kappa shape index (κ3) is 3.47. The second kappa shape index (κ2) is 7.37. The molecule has 1 fully saturated rings. The van der Waals surface area contributed by atoms with Gasteiger partial charge in [-0.25, -0.2) is 0 Å². The molecule has 0 radical (unpaired) electrons. The van der Waals surface area contributed by atoms with Gasteiger partial charge in [0.25, 0.3) is 5.56 Å². The van der Waals surface area contributed by atoms with E-state index in [2.05, 4.69) is 0 Å². The Morgan fingerprint density at radius 1 is 1.00 bits per heavy atom. The Morgan fingerprint density at radius 2 is 1.78 bits per heavy atom. The zero-order valence-corrected chi connectivity index (χ0v) is 16.1. The summed E-state index contributed by atoms with van der Waals surface area (Å²) in [7, 11) is 0. The SMILES string of the molecule is O=C(Cn1ccc2cccc(-c3ccc(Cl)c(Cl)c3)c2c1=O)N1CCCC1. The topological polar surface area (TPSA) is 42.3 Å². The number of carbonyl (C=O) groups excluding carboxylic acids is 1. The first kappa shape index (κ1) is 18.1. The molecule has 27 heavy (non-hydrogen) atoms. The van der Waals surface area contributed by atoms with Crippen molar-refractivity contribution in [3.63, 3.8) is 0 Å². The normalized spacial score (nSPS) is 14.1. The lowest BCUT2D eigenvalue weighted by atomic mass is 9.99. The van der Waals surface area contributed by atoms with Crippen molar-refractivity contribution in [1.82, 2.24) is 9.47 Å². The Bertz CT molecular complexity index is 1090. The van der Waals surface area contributed by atoms with E-state index < -0.39 is 0 Å². The number of carbonyl (C=O) groups is 1. The van der Waals surface area contributed by atoms with Gasteiger partial charge in [-0.3, -0.25) is 9.59 Å². The molecule has 3 aromatic rings. The lowest BCUT2D eigenvalue weighted by Gasteiger charge is -2.16. The summed E-state index contributed by atoms with van der Waals surface area (Å²) in [6.07, 6.45) is 3.75. The molecule has 1 aromatic heterocycles. The molecule has 0 atom stereocenters. The molecule has 2 heterocycles. The first-order valence-electron chi connectivity index (χ1n) is 8.90. The fourth-order valence-electron chi connectivity index (χ4n) is 3.57. The van der Waals surface area contributed by atoms with Crippen LogP contribution in [0.3, 0.4) is 0 Å². The number of benzene rings is 2. The van der Waals surface area contributed by atoms with Gasteiger partial charge in [-0.15, -0.1) is 0 Å². The summed E-state index contributed by atoms with van der Waals surface area (Å²) < 4.78 is 1.49. The molecule has 0 bridgehead atoms. The van der Waals surface area contributed by atoms with Crippen LogP contribution >= 0.6 is 23.2 Å². The van der Waals surface area contributed by atoms with Crippen LogP contribution in [-0.2, 0) is 11.3 Å². The largest absolute Gasteiger partial charge is 0.341 e. The van der Waals surface area contributed by atoms with E-state index in [1.54, 1.807) is 18.3 Å². The van der Waals surface area contributed by atoms with Crippen LogP contribution in [0.25, 0.3) is 21.9 Å². The number of hydrogen-bond donors (Lipinski definition) is 0. The zero-order chi connectivity index (χ0) is 19.0. The first-order valence-corrected chi connectivity index (χ1v) is 9.65. The maximum Gasteiger partial charge on any atom is 0.259 e. The van der Waals surface area contributed by atoms with Gasteiger partial charge < -0.3 is 9.47 Å². The third-order valence-corrected chi connectivity index (χ3v) is 5.74. The number of rotatable bonds is 3. The maximum atomic E-state index is 13.2. The fourth-order valence-corrected chi connectivity index (χ4v) is 3.87. The highest BCUT2D eigenvalue weighted by molar-refractivity contribution is 6.42. The van der Waals surface area contributed by atoms with Crippen LogP contribution in [-0.4, -0.2) is 28.5 Å². The summed E-state index contributed by atoms with van der Waals surface area (Å²) in [5, 5.41) is 2.31. The van der Waals surface area contributed by atoms with Gasteiger partial charge in [0.2, 0.25) is 5.91 Å². The van der Waals surface area contributed by atoms with Gasteiger partial charge in [-0.05, 0) is 47.6 Å². The Balaban J connectivity index is 1.80. The van der Waals surface area contributed by atoms with Gasteiger partial charge >= 0.3 is 0 Å². The lowest BCUT2D eigenvalue weighted by molar-refractivity contribution is -0.130. The number of fused-ring (bicyclic) bond motifs is 1. The monoisotopic (exact) mass is 400 g/mol. The summed E-state index contributed by atoms with van der Waals surface area (Å²) in [4.78, 5) is 27.5. The minimum Gasteiger partial charge on any atom is -0.341 e. The minimum absolute atomic E-state index is 0.0130. The van der Waals surface area contributed by atoms with Crippen molar-refractivity contribution in [1.29, 1.82) is 0 Å². The highest BCUT2D eigenvalue weighted by Gasteiger charge is 2.19. The van der Waals surface area contributed by atoms with E-state index in [9.17, 15) is 9.59 Å². The summed E-state index contributed by atoms with van der Waals surface area (Å²) in [5.74, 6) is -0.0130. The second-order valence-corrected chi connectivity index (χ2v) is 7.55. The van der Waals surface area contributed by atoms with E-state index in [4.69, 9.17) is 23.2 Å². The fraction of sp³-hybridized carbons (Fsp3) is 0.238. The van der Waals surface area contributed by atoms with Crippen LogP contribution in [0, 0.1) is 0 Å². The molecule has 1 aliphatic heterocycles. The molecule has 1 saturated heterocycles. The highest BCUT2D eigenvalue weighted by atomic mass is 35.5. The van der Waals surface area contributed by atoms with Crippen LogP contribution in [0.5, 0.6) is 0 Å². The van der Waals surface area contributed by atoms with Crippen LogP contribution in [0.1, 0.15) is 12.8 Å². The molecule has 0 aliphatic carbocycles. The molecule has 0 spiro atoms. The number of hydrogen-bond acceptors (Lipinski definition) is 2. The van der Waals surface area contributed by atoms with Crippen molar-refractivity contribution in [2.24, 2.45) is 0 Å². The van der Waals surface area contributed by atoms with Crippen LogP contribution in [0.15, 0.2) is 53.5 Å². The van der Waals surface area contributed by atoms with Gasteiger partial charge in [0.05, 0.1) is 15.4 Å². The predicted molar refractivity (Wildman–Crippen MR) is 109 cm³/mol. The zero-order valence-electron chi connectivity index (χ0n) is 14.6. The van der Waals surface area contributed by atoms with E-state index in [1.165, 1.54) is 4.57 Å². The maximum absolute atomic E-state index is 13.2. The number of pyridine rings is 1. The number of halogens is 2. The van der Waals surface area contributed by atoms with Crippen molar-refractivity contribution in [2.75, 3.05) is 13.1 Å². The molecule has 4 nitrogen and oxygen atoms in total. The van der Waals surface area contributed by atoms with Crippen molar-refractivity contribution >= 4 is 39.9 Å². The lowest BCUT2D eigenvalue weighted by Crippen LogP contribution is -2.34. The van der Waals surface area contributed by atoms with Crippen LogP contribution < -0.4 is 5.56 Å². The molecule has 138 valence electrons. The molecule has 2 aromatic carbocycles. The smallest absolute Gasteiger partial charge is 0.259 e. The van der Waals surface area contributed by atoms with Crippen LogP contribution in [0.4, 0.5) is 0 Å². The molecule has 6 heteroatoms. The average molecular weight is 401 g/mol. The Morgan fingerprint density at radius 3 is 2.52 bits per heavy atom. The molecule has 4 rings (SSSR count). The summed E-state index contributed by atoms with van der Waals surface area (Å²) in [5.41, 5.74) is 1.41. The van der Waals surface area contributed by atoms with Crippen molar-refractivity contribution in [2.45, 2.75) is 19.4 Å². The Hall–Kier alpha value is -2.30. The van der Waals surface area contributed by atoms with Gasteiger partial charge in [0, 0.05) is 19.3 Å². The van der Waals surface area contributed by atoms with Crippen molar-refractivity contribution < 1.29 is 4.79 Å². The quantitative estimate of drug-likeness (QED) is 0.644. The van der Waals surface area contributed by atoms with Crippen molar-refractivity contribution in [3.05, 3.63) is 69.1 Å². The molecule has 1 aliphatic rings. The molecule has 1 amide bonds. The van der Waals surface area contributed by atoms with Crippen molar-refractivity contribution in [3.8, 4) is 11.1 Å². The third-order valence-electron chi connectivity index (χ3n) is 5.00. The summed E-state index contributed by atoms with van der Waals surface area (Å²) in [6.45, 7) is 1.61. The summed E-state index contributed by atoms with van der Waals surface area (Å²) >= 11 is 12.2. The highest BCUT2D eigenvalue weighted by Crippen LogP contribution is 2.31. The van der Waals surface area contributed by atoms with Gasteiger partial charge in [0.1, 0.15) is 6.54 Å². The average Bonchev–Trinajstić information content (AvgIpc) is 3.21. The van der Waals surface area contributed by atoms with Crippen LogP contribution in [0.2, 0.25) is 10.0 Å². The molecule has 0 unspecified atom stereocenters.